The van der Waals surface area contributed by atoms with Crippen LogP contribution >= 0.6 is 0 Å². The minimum Gasteiger partial charge on any atom is -0.465 e. The summed E-state index contributed by atoms with van der Waals surface area (Å²) in [4.78, 5) is 27.0. The van der Waals surface area contributed by atoms with Crippen molar-refractivity contribution >= 4 is 11.9 Å². The van der Waals surface area contributed by atoms with Crippen LogP contribution in [0.5, 0.6) is 11.5 Å². The predicted molar refractivity (Wildman–Crippen MR) is 100.0 cm³/mol. The van der Waals surface area contributed by atoms with Crippen LogP contribution < -0.4 is 9.47 Å². The number of ether oxygens (including phenoxy) is 3. The number of amides is 1. The van der Waals surface area contributed by atoms with Crippen molar-refractivity contribution in [1.82, 2.24) is 4.90 Å². The minimum atomic E-state index is -0.516. The predicted octanol–water partition coefficient (Wildman–Crippen LogP) is 3.64. The van der Waals surface area contributed by atoms with Crippen molar-refractivity contribution in [2.75, 3.05) is 20.4 Å². The Morgan fingerprint density at radius 1 is 1.07 bits per heavy atom. The van der Waals surface area contributed by atoms with E-state index in [2.05, 4.69) is 6.92 Å². The number of rotatable bonds is 7. The fraction of sp³-hybridized carbons (Fsp3) is 0.333. The number of fused-ring (bicyclic) bond motifs is 1. The van der Waals surface area contributed by atoms with Crippen molar-refractivity contribution in [1.29, 1.82) is 0 Å². The summed E-state index contributed by atoms with van der Waals surface area (Å²) in [6, 6.07) is 12.4. The molecule has 1 aliphatic rings. The first-order valence-electron chi connectivity index (χ1n) is 8.99. The Balaban J connectivity index is 1.86. The van der Waals surface area contributed by atoms with Crippen LogP contribution in [0.1, 0.15) is 46.0 Å². The van der Waals surface area contributed by atoms with Crippen LogP contribution in [0.15, 0.2) is 42.5 Å². The van der Waals surface area contributed by atoms with E-state index in [-0.39, 0.29) is 18.3 Å². The quantitative estimate of drug-likeness (QED) is 0.697. The average molecular weight is 369 g/mol. The second kappa shape index (κ2) is 8.58. The van der Waals surface area contributed by atoms with Gasteiger partial charge in [0.05, 0.1) is 18.2 Å². The molecule has 6 heteroatoms. The van der Waals surface area contributed by atoms with Crippen LogP contribution in [0, 0.1) is 0 Å². The molecule has 0 fully saturated rings. The number of nitrogens with zero attached hydrogens (tertiary/aromatic N) is 1. The van der Waals surface area contributed by atoms with E-state index in [1.165, 1.54) is 7.11 Å². The van der Waals surface area contributed by atoms with E-state index in [1.54, 1.807) is 29.2 Å². The largest absolute Gasteiger partial charge is 0.465 e. The molecular formula is C21H23NO5. The lowest BCUT2D eigenvalue weighted by atomic mass is 10.1. The van der Waals surface area contributed by atoms with Crippen LogP contribution in [0.25, 0.3) is 0 Å². The Hall–Kier alpha value is -3.02. The number of carbonyl (C=O) groups excluding carboxylic acids is 2. The minimum absolute atomic E-state index is 0.192. The summed E-state index contributed by atoms with van der Waals surface area (Å²) in [6.45, 7) is 3.31. The van der Waals surface area contributed by atoms with Crippen LogP contribution in [0.3, 0.4) is 0 Å². The molecule has 0 radical (unpaired) electrons. The van der Waals surface area contributed by atoms with Gasteiger partial charge in [-0.3, -0.25) is 4.79 Å². The smallest absolute Gasteiger partial charge is 0.338 e. The molecule has 142 valence electrons. The van der Waals surface area contributed by atoms with Gasteiger partial charge >= 0.3 is 5.97 Å². The number of benzene rings is 2. The molecule has 0 bridgehead atoms. The van der Waals surface area contributed by atoms with Gasteiger partial charge in [0.25, 0.3) is 5.91 Å². The second-order valence-electron chi connectivity index (χ2n) is 6.31. The molecule has 3 rings (SSSR count). The first-order valence-corrected chi connectivity index (χ1v) is 8.99. The fourth-order valence-electron chi connectivity index (χ4n) is 2.99. The third-order valence-corrected chi connectivity index (χ3v) is 4.44. The molecule has 0 aliphatic carbocycles. The lowest BCUT2D eigenvalue weighted by Crippen LogP contribution is -2.32. The lowest BCUT2D eigenvalue weighted by molar-refractivity contribution is 0.0589. The van der Waals surface area contributed by atoms with Crippen molar-refractivity contribution in [3.8, 4) is 11.5 Å². The van der Waals surface area contributed by atoms with Crippen LogP contribution in [0.4, 0.5) is 0 Å². The third kappa shape index (κ3) is 4.22. The monoisotopic (exact) mass is 369 g/mol. The van der Waals surface area contributed by atoms with Crippen molar-refractivity contribution in [2.24, 2.45) is 0 Å². The highest BCUT2D eigenvalue weighted by molar-refractivity contribution is 6.05. The van der Waals surface area contributed by atoms with Gasteiger partial charge in [-0.05, 0) is 36.2 Å². The molecular weight excluding hydrogens is 346 g/mol. The van der Waals surface area contributed by atoms with Gasteiger partial charge in [0.2, 0.25) is 6.79 Å². The molecule has 0 unspecified atom stereocenters. The van der Waals surface area contributed by atoms with Crippen molar-refractivity contribution in [3.63, 3.8) is 0 Å². The molecule has 27 heavy (non-hydrogen) atoms. The molecule has 0 spiro atoms. The summed E-state index contributed by atoms with van der Waals surface area (Å²) in [5.74, 6) is 0.686. The van der Waals surface area contributed by atoms with E-state index in [0.717, 1.165) is 18.4 Å². The van der Waals surface area contributed by atoms with Crippen LogP contribution in [-0.2, 0) is 11.3 Å². The maximum atomic E-state index is 13.2. The number of hydrogen-bond donors (Lipinski definition) is 0. The molecule has 0 atom stereocenters. The van der Waals surface area contributed by atoms with Crippen molar-refractivity contribution in [3.05, 3.63) is 59.2 Å². The van der Waals surface area contributed by atoms with Gasteiger partial charge in [-0.1, -0.05) is 31.5 Å². The zero-order valence-electron chi connectivity index (χ0n) is 15.6. The molecule has 2 aromatic carbocycles. The fourth-order valence-corrected chi connectivity index (χ4v) is 2.99. The molecule has 0 saturated carbocycles. The molecule has 0 aromatic heterocycles. The third-order valence-electron chi connectivity index (χ3n) is 4.44. The Morgan fingerprint density at radius 3 is 2.56 bits per heavy atom. The van der Waals surface area contributed by atoms with Gasteiger partial charge in [-0.15, -0.1) is 0 Å². The van der Waals surface area contributed by atoms with E-state index >= 15 is 0 Å². The summed E-state index contributed by atoms with van der Waals surface area (Å²) in [6.07, 6.45) is 1.83. The number of hydrogen-bond acceptors (Lipinski definition) is 5. The SMILES string of the molecule is CCCCN(Cc1ccc2c(c1)OCO2)C(=O)c1ccccc1C(=O)OC. The number of carbonyl (C=O) groups is 2. The Bertz CT molecular complexity index is 833. The molecule has 6 nitrogen and oxygen atoms in total. The summed E-state index contributed by atoms with van der Waals surface area (Å²) in [7, 11) is 1.31. The Labute approximate surface area is 158 Å². The normalized spacial score (nSPS) is 11.9. The standard InChI is InChI=1S/C21H23NO5/c1-3-4-11-22(13-15-9-10-18-19(12-15)27-14-26-18)20(23)16-7-5-6-8-17(16)21(24)25-2/h5-10,12H,3-4,11,13-14H2,1-2H3. The lowest BCUT2D eigenvalue weighted by Gasteiger charge is -2.24. The number of unbranched alkanes of at least 4 members (excludes halogenated alkanes) is 1. The highest BCUT2D eigenvalue weighted by Gasteiger charge is 2.23. The van der Waals surface area contributed by atoms with E-state index in [4.69, 9.17) is 14.2 Å². The maximum absolute atomic E-state index is 13.2. The molecule has 1 heterocycles. The molecule has 1 amide bonds. The summed E-state index contributed by atoms with van der Waals surface area (Å²) in [5, 5.41) is 0. The van der Waals surface area contributed by atoms with Crippen LogP contribution in [-0.4, -0.2) is 37.2 Å². The summed E-state index contributed by atoms with van der Waals surface area (Å²) >= 11 is 0. The Morgan fingerprint density at radius 2 is 1.81 bits per heavy atom. The van der Waals surface area contributed by atoms with E-state index < -0.39 is 5.97 Å². The molecule has 1 aliphatic heterocycles. The van der Waals surface area contributed by atoms with E-state index in [0.29, 0.717) is 30.2 Å². The van der Waals surface area contributed by atoms with Gasteiger partial charge < -0.3 is 19.1 Å². The number of esters is 1. The highest BCUT2D eigenvalue weighted by atomic mass is 16.7. The van der Waals surface area contributed by atoms with Crippen molar-refractivity contribution < 1.29 is 23.8 Å². The van der Waals surface area contributed by atoms with Crippen molar-refractivity contribution in [2.45, 2.75) is 26.3 Å². The molecule has 2 aromatic rings. The van der Waals surface area contributed by atoms with Crippen LogP contribution in [0.2, 0.25) is 0 Å². The first-order chi connectivity index (χ1) is 13.1. The van der Waals surface area contributed by atoms with E-state index in [1.807, 2.05) is 18.2 Å². The van der Waals surface area contributed by atoms with Gasteiger partial charge in [0.15, 0.2) is 11.5 Å². The number of methoxy groups -OCH3 is 1. The molecule has 0 N–H and O–H groups in total. The summed E-state index contributed by atoms with van der Waals surface area (Å²) in [5.41, 5.74) is 1.57. The molecule has 0 saturated heterocycles. The van der Waals surface area contributed by atoms with Gasteiger partial charge in [-0.2, -0.15) is 0 Å². The highest BCUT2D eigenvalue weighted by Crippen LogP contribution is 2.33. The summed E-state index contributed by atoms with van der Waals surface area (Å²) < 4.78 is 15.6. The zero-order valence-corrected chi connectivity index (χ0v) is 15.6. The van der Waals surface area contributed by atoms with Gasteiger partial charge in [0, 0.05) is 13.1 Å². The topological polar surface area (TPSA) is 65.1 Å². The average Bonchev–Trinajstić information content (AvgIpc) is 3.17. The maximum Gasteiger partial charge on any atom is 0.338 e. The van der Waals surface area contributed by atoms with Gasteiger partial charge in [0.1, 0.15) is 0 Å². The zero-order chi connectivity index (χ0) is 19.2. The second-order valence-corrected chi connectivity index (χ2v) is 6.31. The Kier molecular flexibility index (Phi) is 5.96. The van der Waals surface area contributed by atoms with E-state index in [9.17, 15) is 9.59 Å². The van der Waals surface area contributed by atoms with Gasteiger partial charge in [-0.25, -0.2) is 4.79 Å². The first kappa shape index (κ1) is 18.8.